The third kappa shape index (κ3) is 2.77. The van der Waals surface area contributed by atoms with Gasteiger partial charge in [0.2, 0.25) is 0 Å². The second kappa shape index (κ2) is 5.18. The van der Waals surface area contributed by atoms with Crippen molar-refractivity contribution in [2.24, 2.45) is 0 Å². The molecule has 18 heavy (non-hydrogen) atoms. The van der Waals surface area contributed by atoms with Gasteiger partial charge in [-0.15, -0.1) is 0 Å². The Balaban J connectivity index is 2.40. The first kappa shape index (κ1) is 13.2. The highest BCUT2D eigenvalue weighted by molar-refractivity contribution is 6.37. The van der Waals surface area contributed by atoms with E-state index in [4.69, 9.17) is 45.3 Å². The summed E-state index contributed by atoms with van der Waals surface area (Å²) >= 11 is 17.6. The number of rotatable bonds is 2. The van der Waals surface area contributed by atoms with Crippen LogP contribution in [0.2, 0.25) is 15.1 Å². The average molecular weight is 308 g/mol. The number of ether oxygens (including phenoxy) is 1. The highest BCUT2D eigenvalue weighted by Crippen LogP contribution is 2.39. The molecule has 94 valence electrons. The van der Waals surface area contributed by atoms with Gasteiger partial charge in [0, 0.05) is 6.07 Å². The van der Waals surface area contributed by atoms with Crippen molar-refractivity contribution < 1.29 is 9.13 Å². The number of nitrogens with zero attached hydrogens (tertiary/aromatic N) is 1. The number of anilines is 1. The Morgan fingerprint density at radius 2 is 1.67 bits per heavy atom. The maximum absolute atomic E-state index is 13.0. The lowest BCUT2D eigenvalue weighted by atomic mass is 10.3. The summed E-state index contributed by atoms with van der Waals surface area (Å²) in [5.74, 6) is 0.0250. The van der Waals surface area contributed by atoms with Crippen LogP contribution in [-0.2, 0) is 0 Å². The molecule has 0 aliphatic carbocycles. The first-order valence-electron chi connectivity index (χ1n) is 4.71. The summed E-state index contributed by atoms with van der Waals surface area (Å²) in [7, 11) is 0. The minimum atomic E-state index is -0.557. The summed E-state index contributed by atoms with van der Waals surface area (Å²) in [6.45, 7) is 0. The van der Waals surface area contributed by atoms with E-state index in [1.165, 1.54) is 12.3 Å². The summed E-state index contributed by atoms with van der Waals surface area (Å²) in [5, 5.41) is 0.319. The highest BCUT2D eigenvalue weighted by atomic mass is 35.5. The molecule has 0 aliphatic heterocycles. The van der Waals surface area contributed by atoms with Crippen LogP contribution >= 0.6 is 34.8 Å². The molecule has 2 aromatic rings. The molecule has 0 saturated heterocycles. The summed E-state index contributed by atoms with van der Waals surface area (Å²) in [4.78, 5) is 3.82. The molecule has 7 heteroatoms. The molecule has 0 bridgehead atoms. The van der Waals surface area contributed by atoms with Gasteiger partial charge in [0.15, 0.2) is 11.5 Å². The third-order valence-electron chi connectivity index (χ3n) is 2.02. The van der Waals surface area contributed by atoms with Crippen LogP contribution in [-0.4, -0.2) is 4.98 Å². The van der Waals surface area contributed by atoms with Crippen LogP contribution < -0.4 is 10.5 Å². The highest BCUT2D eigenvalue weighted by Gasteiger charge is 2.13. The van der Waals surface area contributed by atoms with Crippen molar-refractivity contribution in [2.45, 2.75) is 0 Å². The van der Waals surface area contributed by atoms with Gasteiger partial charge in [0.05, 0.1) is 21.3 Å². The molecular formula is C11H6Cl3FN2O. The van der Waals surface area contributed by atoms with Gasteiger partial charge in [-0.1, -0.05) is 34.8 Å². The van der Waals surface area contributed by atoms with Crippen LogP contribution in [0.4, 0.5) is 10.2 Å². The lowest BCUT2D eigenvalue weighted by Crippen LogP contribution is -1.93. The number of pyridine rings is 1. The zero-order valence-electron chi connectivity index (χ0n) is 8.75. The van der Waals surface area contributed by atoms with Crippen molar-refractivity contribution in [1.82, 2.24) is 4.98 Å². The van der Waals surface area contributed by atoms with Crippen molar-refractivity contribution in [1.29, 1.82) is 0 Å². The smallest absolute Gasteiger partial charge is 0.164 e. The monoisotopic (exact) mass is 306 g/mol. The molecule has 1 aromatic carbocycles. The van der Waals surface area contributed by atoms with Crippen LogP contribution in [0.5, 0.6) is 11.5 Å². The zero-order valence-corrected chi connectivity index (χ0v) is 11.0. The van der Waals surface area contributed by atoms with E-state index in [2.05, 4.69) is 4.98 Å². The van der Waals surface area contributed by atoms with Gasteiger partial charge in [0.1, 0.15) is 11.6 Å². The molecule has 2 N–H and O–H groups in total. The molecule has 0 radical (unpaired) electrons. The second-order valence-corrected chi connectivity index (χ2v) is 4.56. The Morgan fingerprint density at radius 3 is 2.22 bits per heavy atom. The molecule has 0 amide bonds. The van der Waals surface area contributed by atoms with E-state index in [0.29, 0.717) is 0 Å². The average Bonchev–Trinajstić information content (AvgIpc) is 2.25. The molecule has 0 aliphatic rings. The summed E-state index contributed by atoms with van der Waals surface area (Å²) in [5.41, 5.74) is 5.45. The minimum Gasteiger partial charge on any atom is -0.451 e. The Morgan fingerprint density at radius 1 is 1.06 bits per heavy atom. The van der Waals surface area contributed by atoms with Crippen LogP contribution in [0.3, 0.4) is 0 Å². The fourth-order valence-corrected chi connectivity index (χ4v) is 1.98. The first-order chi connectivity index (χ1) is 8.47. The molecular weight excluding hydrogens is 301 g/mol. The molecule has 2 rings (SSSR count). The second-order valence-electron chi connectivity index (χ2n) is 3.34. The van der Waals surface area contributed by atoms with E-state index in [9.17, 15) is 4.39 Å². The van der Waals surface area contributed by atoms with E-state index in [1.54, 1.807) is 0 Å². The lowest BCUT2D eigenvalue weighted by Gasteiger charge is -2.10. The van der Waals surface area contributed by atoms with Gasteiger partial charge in [-0.3, -0.25) is 0 Å². The maximum Gasteiger partial charge on any atom is 0.164 e. The quantitative estimate of drug-likeness (QED) is 0.885. The van der Waals surface area contributed by atoms with E-state index in [-0.39, 0.29) is 32.4 Å². The molecule has 1 heterocycles. The molecule has 0 unspecified atom stereocenters. The van der Waals surface area contributed by atoms with Gasteiger partial charge < -0.3 is 10.5 Å². The number of nitrogens with two attached hydrogens (primary N) is 1. The van der Waals surface area contributed by atoms with Gasteiger partial charge in [-0.05, 0) is 12.1 Å². The predicted molar refractivity (Wildman–Crippen MR) is 70.2 cm³/mol. The fourth-order valence-electron chi connectivity index (χ4n) is 1.24. The van der Waals surface area contributed by atoms with Crippen LogP contribution in [0.25, 0.3) is 0 Å². The Bertz CT molecular complexity index is 584. The lowest BCUT2D eigenvalue weighted by molar-refractivity contribution is 0.479. The van der Waals surface area contributed by atoms with E-state index in [0.717, 1.165) is 12.1 Å². The summed E-state index contributed by atoms with van der Waals surface area (Å²) in [6, 6.07) is 3.59. The number of hydrogen-bond acceptors (Lipinski definition) is 3. The Hall–Kier alpha value is -1.23. The number of halogens is 4. The minimum absolute atomic E-state index is 0.0351. The Labute approximate surface area is 117 Å². The fraction of sp³-hybridized carbons (Fsp3) is 0. The van der Waals surface area contributed by atoms with Gasteiger partial charge in [0.25, 0.3) is 0 Å². The number of aromatic nitrogens is 1. The summed E-state index contributed by atoms with van der Waals surface area (Å²) < 4.78 is 18.4. The van der Waals surface area contributed by atoms with Gasteiger partial charge in [-0.25, -0.2) is 9.37 Å². The van der Waals surface area contributed by atoms with E-state index < -0.39 is 5.82 Å². The van der Waals surface area contributed by atoms with Crippen molar-refractivity contribution >= 4 is 40.6 Å². The molecule has 0 fully saturated rings. The third-order valence-corrected chi connectivity index (χ3v) is 2.87. The van der Waals surface area contributed by atoms with Gasteiger partial charge in [-0.2, -0.15) is 0 Å². The van der Waals surface area contributed by atoms with E-state index in [1.807, 2.05) is 0 Å². The van der Waals surface area contributed by atoms with E-state index >= 15 is 0 Å². The summed E-state index contributed by atoms with van der Waals surface area (Å²) in [6.07, 6.45) is 1.33. The van der Waals surface area contributed by atoms with Crippen molar-refractivity contribution in [3.63, 3.8) is 0 Å². The molecule has 0 spiro atoms. The maximum atomic E-state index is 13.0. The number of hydrogen-bond donors (Lipinski definition) is 1. The van der Waals surface area contributed by atoms with Crippen LogP contribution in [0.1, 0.15) is 0 Å². The van der Waals surface area contributed by atoms with Crippen LogP contribution in [0, 0.1) is 5.82 Å². The molecule has 3 nitrogen and oxygen atoms in total. The first-order valence-corrected chi connectivity index (χ1v) is 5.84. The van der Waals surface area contributed by atoms with Crippen LogP contribution in [0.15, 0.2) is 24.4 Å². The predicted octanol–water partition coefficient (Wildman–Crippen LogP) is 4.56. The normalized spacial score (nSPS) is 10.4. The molecule has 0 atom stereocenters. The SMILES string of the molecule is Nc1cc(Cl)c(Oc2c(Cl)cc(F)cc2Cl)cn1. The Kier molecular flexibility index (Phi) is 3.80. The zero-order chi connectivity index (χ0) is 13.3. The standard InChI is InChI=1S/C11H6Cl3FN2O/c12-6-3-10(16)17-4-9(6)18-11-7(13)1-5(15)2-8(11)14/h1-4H,(H2,16,17). The van der Waals surface area contributed by atoms with Gasteiger partial charge >= 0.3 is 0 Å². The van der Waals surface area contributed by atoms with Crippen molar-refractivity contribution in [3.8, 4) is 11.5 Å². The molecule has 0 saturated carbocycles. The topological polar surface area (TPSA) is 48.1 Å². The number of benzene rings is 1. The largest absolute Gasteiger partial charge is 0.451 e. The number of nitrogen functional groups attached to an aromatic ring is 1. The molecule has 1 aromatic heterocycles. The van der Waals surface area contributed by atoms with Crippen molar-refractivity contribution in [3.05, 3.63) is 45.3 Å². The van der Waals surface area contributed by atoms with Crippen molar-refractivity contribution in [2.75, 3.05) is 5.73 Å².